The van der Waals surface area contributed by atoms with Crippen molar-refractivity contribution in [3.63, 3.8) is 0 Å². The fourth-order valence-electron chi connectivity index (χ4n) is 1.27. The predicted molar refractivity (Wildman–Crippen MR) is 60.9 cm³/mol. The highest BCUT2D eigenvalue weighted by atomic mass is 35.5. The normalized spacial score (nSPS) is 11.2. The topological polar surface area (TPSA) is 26.3 Å². The summed E-state index contributed by atoms with van der Waals surface area (Å²) >= 11 is 5.79. The summed E-state index contributed by atoms with van der Waals surface area (Å²) in [4.78, 5) is 11.2. The van der Waals surface area contributed by atoms with Crippen molar-refractivity contribution in [2.45, 2.75) is 32.8 Å². The first-order valence-electron chi connectivity index (χ1n) is 4.93. The van der Waals surface area contributed by atoms with E-state index in [4.69, 9.17) is 16.3 Å². The summed E-state index contributed by atoms with van der Waals surface area (Å²) in [6.07, 6.45) is 0.386. The molecule has 1 aromatic carbocycles. The van der Waals surface area contributed by atoms with Gasteiger partial charge in [0.05, 0.1) is 0 Å². The maximum atomic E-state index is 11.2. The van der Waals surface area contributed by atoms with Crippen molar-refractivity contribution in [2.24, 2.45) is 0 Å². The Kier molecular flexibility index (Phi) is 3.75. The maximum absolute atomic E-state index is 11.2. The quantitative estimate of drug-likeness (QED) is 0.737. The Labute approximate surface area is 95.2 Å². The second-order valence-corrected chi connectivity index (χ2v) is 4.28. The van der Waals surface area contributed by atoms with Crippen LogP contribution in [0.5, 0.6) is 0 Å². The smallest absolute Gasteiger partial charge is 0.306 e. The van der Waals surface area contributed by atoms with Crippen molar-refractivity contribution >= 4 is 17.6 Å². The molecule has 2 nitrogen and oxygen atoms in total. The molecular weight excluding hydrogens is 212 g/mol. The molecule has 0 N–H and O–H groups in total. The van der Waals surface area contributed by atoms with E-state index in [1.807, 2.05) is 26.0 Å². The molecule has 0 radical (unpaired) electrons. The molecule has 0 aliphatic carbocycles. The Balaban J connectivity index is 2.85. The second-order valence-electron chi connectivity index (χ2n) is 3.84. The Bertz CT molecular complexity index is 341. The summed E-state index contributed by atoms with van der Waals surface area (Å²) in [6, 6.07) is 7.31. The summed E-state index contributed by atoms with van der Waals surface area (Å²) in [5, 5.41) is 0.677. The van der Waals surface area contributed by atoms with Crippen LogP contribution in [0.1, 0.15) is 32.8 Å². The molecule has 15 heavy (non-hydrogen) atoms. The van der Waals surface area contributed by atoms with Crippen LogP contribution in [-0.4, -0.2) is 5.97 Å². The van der Waals surface area contributed by atoms with Gasteiger partial charge in [-0.25, -0.2) is 0 Å². The Morgan fingerprint density at radius 2 is 1.87 bits per heavy atom. The van der Waals surface area contributed by atoms with Crippen LogP contribution < -0.4 is 0 Å². The molecule has 1 aromatic rings. The summed E-state index contributed by atoms with van der Waals surface area (Å²) < 4.78 is 5.33. The van der Waals surface area contributed by atoms with E-state index in [1.165, 1.54) is 0 Å². The van der Waals surface area contributed by atoms with E-state index < -0.39 is 5.60 Å². The molecular formula is C12H15ClO2. The number of carbonyl (C=O) groups is 1. The molecule has 0 unspecified atom stereocenters. The minimum Gasteiger partial charge on any atom is -0.455 e. The van der Waals surface area contributed by atoms with Gasteiger partial charge in [0, 0.05) is 11.4 Å². The molecule has 0 bridgehead atoms. The van der Waals surface area contributed by atoms with Crippen molar-refractivity contribution in [2.75, 3.05) is 0 Å². The molecule has 3 heteroatoms. The fourth-order valence-corrected chi connectivity index (χ4v) is 1.39. The van der Waals surface area contributed by atoms with Crippen LogP contribution in [-0.2, 0) is 15.1 Å². The van der Waals surface area contributed by atoms with Gasteiger partial charge in [-0.15, -0.1) is 0 Å². The number of ether oxygens (including phenoxy) is 1. The van der Waals surface area contributed by atoms with Crippen LogP contribution in [0.3, 0.4) is 0 Å². The lowest BCUT2D eigenvalue weighted by Gasteiger charge is -2.25. The van der Waals surface area contributed by atoms with Gasteiger partial charge in [0.1, 0.15) is 5.60 Å². The van der Waals surface area contributed by atoms with E-state index >= 15 is 0 Å². The summed E-state index contributed by atoms with van der Waals surface area (Å²) in [7, 11) is 0. The Hall–Kier alpha value is -1.02. The number of hydrogen-bond acceptors (Lipinski definition) is 2. The largest absolute Gasteiger partial charge is 0.455 e. The van der Waals surface area contributed by atoms with Gasteiger partial charge in [0.15, 0.2) is 0 Å². The van der Waals surface area contributed by atoms with Crippen LogP contribution in [0.4, 0.5) is 0 Å². The molecule has 0 spiro atoms. The molecule has 0 aliphatic rings. The van der Waals surface area contributed by atoms with E-state index in [1.54, 1.807) is 19.1 Å². The number of benzene rings is 1. The van der Waals surface area contributed by atoms with Crippen molar-refractivity contribution in [1.82, 2.24) is 0 Å². The number of halogens is 1. The highest BCUT2D eigenvalue weighted by Crippen LogP contribution is 2.26. The standard InChI is InChI=1S/C12H15ClO2/c1-4-11(14)15-12(2,3)9-5-7-10(13)8-6-9/h5-8H,4H2,1-3H3. The first-order valence-corrected chi connectivity index (χ1v) is 5.31. The number of hydrogen-bond donors (Lipinski definition) is 0. The lowest BCUT2D eigenvalue weighted by Crippen LogP contribution is -2.25. The van der Waals surface area contributed by atoms with Crippen molar-refractivity contribution in [3.8, 4) is 0 Å². The predicted octanol–water partition coefficient (Wildman–Crippen LogP) is 3.53. The van der Waals surface area contributed by atoms with Gasteiger partial charge in [-0.3, -0.25) is 4.79 Å². The van der Waals surface area contributed by atoms with Crippen LogP contribution in [0.25, 0.3) is 0 Å². The Morgan fingerprint density at radius 3 is 2.33 bits per heavy atom. The minimum atomic E-state index is -0.600. The first-order chi connectivity index (χ1) is 6.95. The minimum absolute atomic E-state index is 0.199. The van der Waals surface area contributed by atoms with Crippen molar-refractivity contribution in [1.29, 1.82) is 0 Å². The second kappa shape index (κ2) is 4.67. The van der Waals surface area contributed by atoms with Crippen LogP contribution >= 0.6 is 11.6 Å². The average molecular weight is 227 g/mol. The van der Waals surface area contributed by atoms with E-state index in [2.05, 4.69) is 0 Å². The molecule has 0 aromatic heterocycles. The summed E-state index contributed by atoms with van der Waals surface area (Å²) in [5.74, 6) is -0.199. The third-order valence-corrected chi connectivity index (χ3v) is 2.45. The lowest BCUT2D eigenvalue weighted by atomic mass is 9.98. The van der Waals surface area contributed by atoms with Crippen LogP contribution in [0.2, 0.25) is 5.02 Å². The summed E-state index contributed by atoms with van der Waals surface area (Å²) in [5.41, 5.74) is 0.339. The molecule has 0 saturated carbocycles. The van der Waals surface area contributed by atoms with Gasteiger partial charge in [-0.2, -0.15) is 0 Å². The van der Waals surface area contributed by atoms with E-state index in [9.17, 15) is 4.79 Å². The van der Waals surface area contributed by atoms with E-state index in [0.717, 1.165) is 5.56 Å². The van der Waals surface area contributed by atoms with Crippen LogP contribution in [0, 0.1) is 0 Å². The maximum Gasteiger partial charge on any atom is 0.306 e. The third-order valence-electron chi connectivity index (χ3n) is 2.20. The number of carbonyl (C=O) groups excluding carboxylic acids is 1. The zero-order valence-corrected chi connectivity index (χ0v) is 9.97. The molecule has 0 aliphatic heterocycles. The number of rotatable bonds is 3. The van der Waals surface area contributed by atoms with E-state index in [-0.39, 0.29) is 5.97 Å². The molecule has 0 fully saturated rings. The fraction of sp³-hybridized carbons (Fsp3) is 0.417. The van der Waals surface area contributed by atoms with Crippen molar-refractivity contribution in [3.05, 3.63) is 34.9 Å². The van der Waals surface area contributed by atoms with Gasteiger partial charge in [0.2, 0.25) is 0 Å². The highest BCUT2D eigenvalue weighted by Gasteiger charge is 2.24. The molecule has 0 heterocycles. The molecule has 0 amide bonds. The average Bonchev–Trinajstić information content (AvgIpc) is 2.17. The Morgan fingerprint density at radius 1 is 1.33 bits per heavy atom. The first kappa shape index (κ1) is 12.1. The van der Waals surface area contributed by atoms with Gasteiger partial charge < -0.3 is 4.74 Å². The molecule has 0 atom stereocenters. The van der Waals surface area contributed by atoms with Crippen molar-refractivity contribution < 1.29 is 9.53 Å². The van der Waals surface area contributed by atoms with Gasteiger partial charge in [-0.1, -0.05) is 30.7 Å². The van der Waals surface area contributed by atoms with Crippen LogP contribution in [0.15, 0.2) is 24.3 Å². The lowest BCUT2D eigenvalue weighted by molar-refractivity contribution is -0.157. The zero-order chi connectivity index (χ0) is 11.5. The molecule has 82 valence electrons. The van der Waals surface area contributed by atoms with Gasteiger partial charge in [-0.05, 0) is 31.5 Å². The molecule has 0 saturated heterocycles. The van der Waals surface area contributed by atoms with Gasteiger partial charge in [0.25, 0.3) is 0 Å². The number of esters is 1. The van der Waals surface area contributed by atoms with Gasteiger partial charge >= 0.3 is 5.97 Å². The zero-order valence-electron chi connectivity index (χ0n) is 9.21. The summed E-state index contributed by atoms with van der Waals surface area (Å²) in [6.45, 7) is 5.51. The molecule has 1 rings (SSSR count). The third kappa shape index (κ3) is 3.24. The highest BCUT2D eigenvalue weighted by molar-refractivity contribution is 6.30. The SMILES string of the molecule is CCC(=O)OC(C)(C)c1ccc(Cl)cc1. The van der Waals surface area contributed by atoms with E-state index in [0.29, 0.717) is 11.4 Å². The monoisotopic (exact) mass is 226 g/mol.